The summed E-state index contributed by atoms with van der Waals surface area (Å²) in [6, 6.07) is 10.2. The smallest absolute Gasteiger partial charge is 0.237 e. The third kappa shape index (κ3) is 3.93. The molecule has 0 spiro atoms. The summed E-state index contributed by atoms with van der Waals surface area (Å²) in [4.78, 5) is 16.7. The van der Waals surface area contributed by atoms with E-state index in [1.165, 1.54) is 6.42 Å². The molecule has 1 aromatic heterocycles. The van der Waals surface area contributed by atoms with E-state index in [0.717, 1.165) is 42.1 Å². The maximum Gasteiger partial charge on any atom is 0.237 e. The van der Waals surface area contributed by atoms with Crippen LogP contribution in [0.25, 0.3) is 10.6 Å². The van der Waals surface area contributed by atoms with Gasteiger partial charge in [0.1, 0.15) is 5.01 Å². The number of amides is 1. The van der Waals surface area contributed by atoms with Crippen molar-refractivity contribution in [3.63, 3.8) is 0 Å². The second kappa shape index (κ2) is 7.51. The van der Waals surface area contributed by atoms with Crippen LogP contribution in [0.15, 0.2) is 35.7 Å². The van der Waals surface area contributed by atoms with Gasteiger partial charge in [0.15, 0.2) is 0 Å². The average molecular weight is 315 g/mol. The zero-order valence-corrected chi connectivity index (χ0v) is 13.4. The van der Waals surface area contributed by atoms with Gasteiger partial charge in [0.2, 0.25) is 5.91 Å². The number of aromatic nitrogens is 1. The average Bonchev–Trinajstić information content (AvgIpc) is 3.05. The second-order valence-electron chi connectivity index (χ2n) is 5.55. The van der Waals surface area contributed by atoms with Crippen LogP contribution in [-0.4, -0.2) is 30.0 Å². The number of nitrogens with one attached hydrogen (secondary N) is 2. The van der Waals surface area contributed by atoms with Crippen molar-refractivity contribution in [3.8, 4) is 10.6 Å². The second-order valence-corrected chi connectivity index (χ2v) is 6.41. The number of hydrogen-bond donors (Lipinski definition) is 2. The molecule has 2 aromatic rings. The molecule has 3 rings (SSSR count). The quantitative estimate of drug-likeness (QED) is 0.892. The van der Waals surface area contributed by atoms with Gasteiger partial charge < -0.3 is 10.6 Å². The lowest BCUT2D eigenvalue weighted by Gasteiger charge is -2.22. The molecule has 2 heterocycles. The van der Waals surface area contributed by atoms with Crippen LogP contribution in [0.1, 0.15) is 25.0 Å². The fourth-order valence-electron chi connectivity index (χ4n) is 2.65. The van der Waals surface area contributed by atoms with Crippen molar-refractivity contribution in [2.75, 3.05) is 13.1 Å². The van der Waals surface area contributed by atoms with Crippen LogP contribution in [0, 0.1) is 0 Å². The van der Waals surface area contributed by atoms with Gasteiger partial charge in [-0.1, -0.05) is 36.8 Å². The van der Waals surface area contributed by atoms with Crippen molar-refractivity contribution >= 4 is 17.2 Å². The molecule has 1 fully saturated rings. The van der Waals surface area contributed by atoms with E-state index < -0.39 is 0 Å². The highest BCUT2D eigenvalue weighted by Crippen LogP contribution is 2.23. The fraction of sp³-hybridized carbons (Fsp3) is 0.412. The lowest BCUT2D eigenvalue weighted by atomic mass is 10.0. The van der Waals surface area contributed by atoms with E-state index in [4.69, 9.17) is 0 Å². The van der Waals surface area contributed by atoms with Crippen LogP contribution in [-0.2, 0) is 11.2 Å². The van der Waals surface area contributed by atoms with Gasteiger partial charge in [0, 0.05) is 23.9 Å². The minimum Gasteiger partial charge on any atom is -0.354 e. The molecule has 0 radical (unpaired) electrons. The predicted molar refractivity (Wildman–Crippen MR) is 89.9 cm³/mol. The van der Waals surface area contributed by atoms with Gasteiger partial charge >= 0.3 is 0 Å². The first-order valence-electron chi connectivity index (χ1n) is 7.84. The van der Waals surface area contributed by atoms with E-state index in [1.807, 2.05) is 18.2 Å². The number of hydrogen-bond acceptors (Lipinski definition) is 4. The van der Waals surface area contributed by atoms with E-state index >= 15 is 0 Å². The molecule has 1 atom stereocenters. The van der Waals surface area contributed by atoms with Gasteiger partial charge in [0.05, 0.1) is 11.7 Å². The largest absolute Gasteiger partial charge is 0.354 e. The molecule has 2 N–H and O–H groups in total. The molecule has 5 heteroatoms. The maximum absolute atomic E-state index is 12.0. The summed E-state index contributed by atoms with van der Waals surface area (Å²) in [5, 5.41) is 9.40. The van der Waals surface area contributed by atoms with Crippen LogP contribution < -0.4 is 10.6 Å². The summed E-state index contributed by atoms with van der Waals surface area (Å²) < 4.78 is 0. The first-order chi connectivity index (χ1) is 10.8. The molecular weight excluding hydrogens is 294 g/mol. The molecule has 0 aliphatic carbocycles. The Kier molecular flexibility index (Phi) is 5.19. The lowest BCUT2D eigenvalue weighted by Crippen LogP contribution is -2.47. The number of benzene rings is 1. The summed E-state index contributed by atoms with van der Waals surface area (Å²) in [5.41, 5.74) is 2.19. The topological polar surface area (TPSA) is 54.0 Å². The predicted octanol–water partition coefficient (Wildman–Crippen LogP) is 2.61. The fourth-order valence-corrected chi connectivity index (χ4v) is 3.51. The molecule has 1 saturated heterocycles. The van der Waals surface area contributed by atoms with Crippen LogP contribution in [0.5, 0.6) is 0 Å². The summed E-state index contributed by atoms with van der Waals surface area (Å²) in [6.07, 6.45) is 4.03. The molecule has 0 bridgehead atoms. The number of carbonyl (C=O) groups is 1. The monoisotopic (exact) mass is 315 g/mol. The summed E-state index contributed by atoms with van der Waals surface area (Å²) in [7, 11) is 0. The van der Waals surface area contributed by atoms with Gasteiger partial charge in [-0.3, -0.25) is 4.79 Å². The van der Waals surface area contributed by atoms with E-state index in [1.54, 1.807) is 11.3 Å². The van der Waals surface area contributed by atoms with E-state index in [9.17, 15) is 4.79 Å². The Labute approximate surface area is 135 Å². The summed E-state index contributed by atoms with van der Waals surface area (Å²) in [6.45, 7) is 1.60. The molecule has 1 aliphatic heterocycles. The number of piperidine rings is 1. The molecule has 1 aliphatic rings. The zero-order valence-electron chi connectivity index (χ0n) is 12.5. The molecule has 0 saturated carbocycles. The molecule has 116 valence electrons. The van der Waals surface area contributed by atoms with Crippen molar-refractivity contribution in [3.05, 3.63) is 41.4 Å². The van der Waals surface area contributed by atoms with E-state index in [0.29, 0.717) is 6.54 Å². The van der Waals surface area contributed by atoms with Gasteiger partial charge in [-0.15, -0.1) is 11.3 Å². The molecule has 22 heavy (non-hydrogen) atoms. The highest BCUT2D eigenvalue weighted by molar-refractivity contribution is 7.13. The standard InChI is InChI=1S/C17H21N3OS/c21-16(15-8-4-5-10-18-15)19-11-9-14-12-22-17(20-14)13-6-2-1-3-7-13/h1-3,6-7,12,15,18H,4-5,8-11H2,(H,19,21). The molecule has 4 nitrogen and oxygen atoms in total. The van der Waals surface area contributed by atoms with Crippen molar-refractivity contribution in [2.45, 2.75) is 31.7 Å². The Morgan fingerprint density at radius 2 is 2.18 bits per heavy atom. The van der Waals surface area contributed by atoms with Crippen molar-refractivity contribution in [1.29, 1.82) is 0 Å². The minimum atomic E-state index is -0.0101. The molecule has 1 aromatic carbocycles. The Balaban J connectivity index is 1.48. The lowest BCUT2D eigenvalue weighted by molar-refractivity contribution is -0.123. The van der Waals surface area contributed by atoms with Gasteiger partial charge in [0.25, 0.3) is 0 Å². The molecular formula is C17H21N3OS. The Bertz CT molecular complexity index is 605. The molecule has 1 amide bonds. The number of rotatable bonds is 5. The van der Waals surface area contributed by atoms with Crippen LogP contribution in [0.2, 0.25) is 0 Å². The Morgan fingerprint density at radius 1 is 1.32 bits per heavy atom. The maximum atomic E-state index is 12.0. The molecule has 1 unspecified atom stereocenters. The first kappa shape index (κ1) is 15.2. The zero-order chi connectivity index (χ0) is 15.2. The number of carbonyl (C=O) groups excluding carboxylic acids is 1. The summed E-state index contributed by atoms with van der Waals surface area (Å²) in [5.74, 6) is 0.123. The highest BCUT2D eigenvalue weighted by Gasteiger charge is 2.19. The normalized spacial score (nSPS) is 18.1. The van der Waals surface area contributed by atoms with Crippen molar-refractivity contribution in [1.82, 2.24) is 15.6 Å². The first-order valence-corrected chi connectivity index (χ1v) is 8.72. The van der Waals surface area contributed by atoms with Crippen LogP contribution >= 0.6 is 11.3 Å². The van der Waals surface area contributed by atoms with Crippen LogP contribution in [0.4, 0.5) is 0 Å². The van der Waals surface area contributed by atoms with Gasteiger partial charge in [-0.25, -0.2) is 4.98 Å². The Hall–Kier alpha value is -1.72. The van der Waals surface area contributed by atoms with E-state index in [-0.39, 0.29) is 11.9 Å². The van der Waals surface area contributed by atoms with E-state index in [2.05, 4.69) is 33.1 Å². The highest BCUT2D eigenvalue weighted by atomic mass is 32.1. The SMILES string of the molecule is O=C(NCCc1csc(-c2ccccc2)n1)C1CCCCN1. The Morgan fingerprint density at radius 3 is 2.95 bits per heavy atom. The summed E-state index contributed by atoms with van der Waals surface area (Å²) >= 11 is 1.65. The van der Waals surface area contributed by atoms with Gasteiger partial charge in [-0.2, -0.15) is 0 Å². The minimum absolute atomic E-state index is 0.0101. The van der Waals surface area contributed by atoms with Crippen molar-refractivity contribution < 1.29 is 4.79 Å². The van der Waals surface area contributed by atoms with Crippen molar-refractivity contribution in [2.24, 2.45) is 0 Å². The third-order valence-corrected chi connectivity index (χ3v) is 4.82. The number of thiazole rings is 1. The van der Waals surface area contributed by atoms with Crippen LogP contribution in [0.3, 0.4) is 0 Å². The third-order valence-electron chi connectivity index (χ3n) is 3.88. The number of nitrogens with zero attached hydrogens (tertiary/aromatic N) is 1. The van der Waals surface area contributed by atoms with Gasteiger partial charge in [-0.05, 0) is 19.4 Å².